The molecule has 40 heavy (non-hydrogen) atoms. The molecular weight excluding hydrogens is 495 g/mol. The number of fused-ring (bicyclic) bond motifs is 1. The Labute approximate surface area is 240 Å². The van der Waals surface area contributed by atoms with Gasteiger partial charge in [-0.25, -0.2) is 4.79 Å². The topological polar surface area (TPSA) is 37.3 Å². The summed E-state index contributed by atoms with van der Waals surface area (Å²) in [5.74, 6) is -0.869. The van der Waals surface area contributed by atoms with E-state index in [2.05, 4.69) is 77.1 Å². The van der Waals surface area contributed by atoms with Crippen LogP contribution in [-0.4, -0.2) is 17.8 Å². The van der Waals surface area contributed by atoms with Gasteiger partial charge in [-0.15, -0.1) is 0 Å². The van der Waals surface area contributed by atoms with Crippen LogP contribution in [0.5, 0.6) is 0 Å². The van der Waals surface area contributed by atoms with Gasteiger partial charge in [0.15, 0.2) is 0 Å². The number of allylic oxidation sites excluding steroid dienone is 2. The Hall–Kier alpha value is -3.46. The molecule has 212 valence electrons. The van der Waals surface area contributed by atoms with Crippen LogP contribution in [0.1, 0.15) is 114 Å². The largest absolute Gasteiger partial charge is 0.478 e. The van der Waals surface area contributed by atoms with Gasteiger partial charge in [0.2, 0.25) is 0 Å². The molecule has 0 aromatic heterocycles. The van der Waals surface area contributed by atoms with Crippen LogP contribution in [0.3, 0.4) is 0 Å². The van der Waals surface area contributed by atoms with E-state index in [0.29, 0.717) is 5.56 Å². The lowest BCUT2D eigenvalue weighted by molar-refractivity contribution is 0.0696. The minimum atomic E-state index is -0.869. The highest BCUT2D eigenvalue weighted by Crippen LogP contribution is 2.41. The molecule has 0 heterocycles. The quantitative estimate of drug-likeness (QED) is 0.308. The third kappa shape index (κ3) is 7.38. The predicted molar refractivity (Wildman–Crippen MR) is 169 cm³/mol. The lowest BCUT2D eigenvalue weighted by Crippen LogP contribution is -2.02. The van der Waals surface area contributed by atoms with Gasteiger partial charge in [-0.1, -0.05) is 81.3 Å². The average Bonchev–Trinajstić information content (AvgIpc) is 3.15. The average molecular weight is 541 g/mol. The summed E-state index contributed by atoms with van der Waals surface area (Å²) in [6, 6.07) is 19.1. The number of benzene rings is 3. The smallest absolute Gasteiger partial charge is 0.335 e. The Balaban J connectivity index is 0.000000810. The second-order valence-corrected chi connectivity index (χ2v) is 10.7. The summed E-state index contributed by atoms with van der Waals surface area (Å²) in [7, 11) is 0. The molecule has 4 rings (SSSR count). The maximum atomic E-state index is 11.7. The van der Waals surface area contributed by atoms with Crippen LogP contribution in [0.15, 0.2) is 60.2 Å². The SMILES string of the molecule is CCC(=Cc1ccc(C2=C(c3ccc(C)c(C)c3C)CCCc3cc(C(=O)O)ccc32)cc1)CC.CCCCF. The Morgan fingerprint density at radius 2 is 1.55 bits per heavy atom. The van der Waals surface area contributed by atoms with Crippen molar-refractivity contribution in [2.45, 2.75) is 86.5 Å². The molecule has 3 aromatic carbocycles. The molecule has 0 bridgehead atoms. The Kier molecular flexibility index (Phi) is 11.5. The van der Waals surface area contributed by atoms with Crippen molar-refractivity contribution in [3.05, 3.63) is 110 Å². The Morgan fingerprint density at radius 3 is 2.12 bits per heavy atom. The molecule has 0 radical (unpaired) electrons. The van der Waals surface area contributed by atoms with Crippen molar-refractivity contribution in [1.29, 1.82) is 0 Å². The second kappa shape index (κ2) is 14.8. The highest BCUT2D eigenvalue weighted by Gasteiger charge is 2.22. The van der Waals surface area contributed by atoms with Crippen molar-refractivity contribution in [3.8, 4) is 0 Å². The molecule has 0 saturated heterocycles. The van der Waals surface area contributed by atoms with Gasteiger partial charge >= 0.3 is 5.97 Å². The van der Waals surface area contributed by atoms with E-state index in [1.807, 2.05) is 19.1 Å². The standard InChI is InChI=1S/C33H36O2.C4H9F/c1-6-24(7-2)19-25-12-14-26(15-13-25)32-30-18-16-28(33(34)35)20-27(30)9-8-10-31(32)29-17-11-21(3)22(4)23(29)5;1-2-3-4-5/h11-20H,6-10H2,1-5H3,(H,34,35);2-4H2,1H3. The van der Waals surface area contributed by atoms with Crippen molar-refractivity contribution in [2.75, 3.05) is 6.67 Å². The van der Waals surface area contributed by atoms with Gasteiger partial charge in [-0.05, 0) is 127 Å². The third-order valence-electron chi connectivity index (χ3n) is 8.14. The molecule has 0 aliphatic heterocycles. The molecule has 0 spiro atoms. The van der Waals surface area contributed by atoms with E-state index in [0.717, 1.165) is 56.1 Å². The van der Waals surface area contributed by atoms with E-state index in [1.54, 1.807) is 6.07 Å². The van der Waals surface area contributed by atoms with Crippen molar-refractivity contribution in [3.63, 3.8) is 0 Å². The summed E-state index contributed by atoms with van der Waals surface area (Å²) < 4.78 is 11.0. The predicted octanol–water partition coefficient (Wildman–Crippen LogP) is 10.6. The molecule has 0 unspecified atom stereocenters. The summed E-state index contributed by atoms with van der Waals surface area (Å²) in [6.07, 6.45) is 8.97. The first kappa shape index (κ1) is 31.1. The second-order valence-electron chi connectivity index (χ2n) is 10.7. The number of unbranched alkanes of at least 4 members (excludes halogenated alkanes) is 1. The first-order valence-electron chi connectivity index (χ1n) is 14.8. The van der Waals surface area contributed by atoms with E-state index in [9.17, 15) is 14.3 Å². The number of carboxylic acids is 1. The third-order valence-corrected chi connectivity index (χ3v) is 8.14. The van der Waals surface area contributed by atoms with Crippen LogP contribution in [0.25, 0.3) is 17.2 Å². The first-order valence-corrected chi connectivity index (χ1v) is 14.8. The number of halogens is 1. The molecule has 2 nitrogen and oxygen atoms in total. The molecule has 0 fully saturated rings. The highest BCUT2D eigenvalue weighted by molar-refractivity contribution is 6.01. The van der Waals surface area contributed by atoms with Gasteiger partial charge in [0.1, 0.15) is 0 Å². The molecule has 3 aromatic rings. The van der Waals surface area contributed by atoms with E-state index < -0.39 is 5.97 Å². The summed E-state index contributed by atoms with van der Waals surface area (Å²) >= 11 is 0. The van der Waals surface area contributed by atoms with Crippen LogP contribution in [0.4, 0.5) is 4.39 Å². The molecule has 1 aliphatic carbocycles. The number of aromatic carboxylic acids is 1. The first-order chi connectivity index (χ1) is 19.2. The van der Waals surface area contributed by atoms with Crippen molar-refractivity contribution in [1.82, 2.24) is 0 Å². The van der Waals surface area contributed by atoms with E-state index in [1.165, 1.54) is 50.1 Å². The van der Waals surface area contributed by atoms with Crippen molar-refractivity contribution >= 4 is 23.2 Å². The fourth-order valence-electron chi connectivity index (χ4n) is 5.37. The molecule has 1 N–H and O–H groups in total. The number of hydrogen-bond acceptors (Lipinski definition) is 1. The van der Waals surface area contributed by atoms with Gasteiger partial charge in [-0.2, -0.15) is 0 Å². The van der Waals surface area contributed by atoms with Gasteiger partial charge in [0.05, 0.1) is 12.2 Å². The number of carboxylic acid groups (broad SMARTS) is 1. The van der Waals surface area contributed by atoms with E-state index >= 15 is 0 Å². The molecule has 0 atom stereocenters. The summed E-state index contributed by atoms with van der Waals surface area (Å²) in [6.45, 7) is 12.8. The van der Waals surface area contributed by atoms with Crippen LogP contribution >= 0.6 is 0 Å². The molecule has 3 heteroatoms. The molecule has 0 amide bonds. The van der Waals surface area contributed by atoms with Gasteiger partial charge in [0.25, 0.3) is 0 Å². The van der Waals surface area contributed by atoms with Crippen molar-refractivity contribution in [2.24, 2.45) is 0 Å². The fourth-order valence-corrected chi connectivity index (χ4v) is 5.37. The summed E-state index contributed by atoms with van der Waals surface area (Å²) in [5, 5.41) is 9.59. The number of hydrogen-bond donors (Lipinski definition) is 1. The normalized spacial score (nSPS) is 12.7. The summed E-state index contributed by atoms with van der Waals surface area (Å²) in [4.78, 5) is 11.7. The minimum Gasteiger partial charge on any atom is -0.478 e. The zero-order valence-corrected chi connectivity index (χ0v) is 25.2. The molecule has 1 aliphatic rings. The number of aryl methyl sites for hydroxylation is 2. The van der Waals surface area contributed by atoms with Gasteiger partial charge in [0, 0.05) is 0 Å². The number of alkyl halides is 1. The van der Waals surface area contributed by atoms with Gasteiger partial charge in [-0.3, -0.25) is 4.39 Å². The Morgan fingerprint density at radius 1 is 0.875 bits per heavy atom. The monoisotopic (exact) mass is 540 g/mol. The van der Waals surface area contributed by atoms with E-state index in [-0.39, 0.29) is 6.67 Å². The fraction of sp³-hybridized carbons (Fsp3) is 0.378. The van der Waals surface area contributed by atoms with Crippen LogP contribution in [0.2, 0.25) is 0 Å². The van der Waals surface area contributed by atoms with Gasteiger partial charge < -0.3 is 5.11 Å². The number of carbonyl (C=O) groups is 1. The van der Waals surface area contributed by atoms with E-state index in [4.69, 9.17) is 0 Å². The van der Waals surface area contributed by atoms with Crippen LogP contribution < -0.4 is 0 Å². The maximum Gasteiger partial charge on any atom is 0.335 e. The zero-order chi connectivity index (χ0) is 29.2. The Bertz CT molecular complexity index is 1370. The summed E-state index contributed by atoms with van der Waals surface area (Å²) in [5.41, 5.74) is 14.4. The highest BCUT2D eigenvalue weighted by atomic mass is 19.1. The number of rotatable bonds is 8. The minimum absolute atomic E-state index is 0.156. The zero-order valence-electron chi connectivity index (χ0n) is 25.2. The van der Waals surface area contributed by atoms with Crippen LogP contribution in [0, 0.1) is 20.8 Å². The maximum absolute atomic E-state index is 11.7. The molecular formula is C37H45FO2. The van der Waals surface area contributed by atoms with Crippen molar-refractivity contribution < 1.29 is 14.3 Å². The molecule has 0 saturated carbocycles. The lowest BCUT2D eigenvalue weighted by Gasteiger charge is -2.20. The van der Waals surface area contributed by atoms with Crippen LogP contribution in [-0.2, 0) is 6.42 Å². The lowest BCUT2D eigenvalue weighted by atomic mass is 9.84.